The average Bonchev–Trinajstić information content (AvgIpc) is 2.51. The van der Waals surface area contributed by atoms with Crippen molar-refractivity contribution in [3.8, 4) is 5.75 Å². The van der Waals surface area contributed by atoms with E-state index in [0.29, 0.717) is 11.3 Å². The van der Waals surface area contributed by atoms with E-state index in [1.54, 1.807) is 13.2 Å². The lowest BCUT2D eigenvalue weighted by Gasteiger charge is -2.05. The summed E-state index contributed by atoms with van der Waals surface area (Å²) in [7, 11) is 3.46. The van der Waals surface area contributed by atoms with E-state index in [9.17, 15) is 9.90 Å². The molecule has 0 saturated carbocycles. The molecule has 1 N–H and O–H groups in total. The molecule has 0 saturated heterocycles. The Bertz CT molecular complexity index is 611. The first-order valence-corrected chi connectivity index (χ1v) is 5.34. The average molecular weight is 233 g/mol. The van der Waals surface area contributed by atoms with Crippen LogP contribution in [0.5, 0.6) is 5.75 Å². The lowest BCUT2D eigenvalue weighted by atomic mass is 10.1. The molecular formula is C13H15NO3. The van der Waals surface area contributed by atoms with Gasteiger partial charge < -0.3 is 14.4 Å². The Morgan fingerprint density at radius 2 is 2.00 bits per heavy atom. The maximum Gasteiger partial charge on any atom is 0.338 e. The van der Waals surface area contributed by atoms with Crippen molar-refractivity contribution in [2.75, 3.05) is 7.11 Å². The van der Waals surface area contributed by atoms with Crippen LogP contribution in [0.25, 0.3) is 10.9 Å². The molecule has 0 aliphatic carbocycles. The number of carbonyl (C=O) groups is 1. The molecule has 1 aromatic carbocycles. The summed E-state index contributed by atoms with van der Waals surface area (Å²) >= 11 is 0. The maximum absolute atomic E-state index is 11.3. The Balaban J connectivity index is 2.91. The van der Waals surface area contributed by atoms with Gasteiger partial charge in [-0.05, 0) is 31.5 Å². The molecule has 4 nitrogen and oxygen atoms in total. The molecule has 4 heteroatoms. The monoisotopic (exact) mass is 233 g/mol. The van der Waals surface area contributed by atoms with Crippen LogP contribution in [0.3, 0.4) is 0 Å². The van der Waals surface area contributed by atoms with Gasteiger partial charge in [0.1, 0.15) is 5.75 Å². The number of nitrogens with zero attached hydrogens (tertiary/aromatic N) is 1. The normalized spacial score (nSPS) is 10.8. The van der Waals surface area contributed by atoms with E-state index in [4.69, 9.17) is 4.74 Å². The number of rotatable bonds is 2. The van der Waals surface area contributed by atoms with E-state index in [2.05, 4.69) is 0 Å². The highest BCUT2D eigenvalue weighted by atomic mass is 16.5. The predicted octanol–water partition coefficient (Wildman–Crippen LogP) is 2.50. The van der Waals surface area contributed by atoms with Crippen LogP contribution in [0.4, 0.5) is 0 Å². The van der Waals surface area contributed by atoms with Gasteiger partial charge in [-0.2, -0.15) is 0 Å². The zero-order valence-corrected chi connectivity index (χ0v) is 10.4. The van der Waals surface area contributed by atoms with Crippen molar-refractivity contribution in [1.82, 2.24) is 4.57 Å². The molecule has 0 amide bonds. The summed E-state index contributed by atoms with van der Waals surface area (Å²) in [5.41, 5.74) is 3.01. The smallest absolute Gasteiger partial charge is 0.338 e. The van der Waals surface area contributed by atoms with Crippen LogP contribution in [0.1, 0.15) is 21.6 Å². The SMILES string of the molecule is COc1cc2c(C(=O)O)c(C)n(C)c2cc1C. The van der Waals surface area contributed by atoms with Crippen LogP contribution in [0, 0.1) is 13.8 Å². The molecule has 17 heavy (non-hydrogen) atoms. The van der Waals surface area contributed by atoms with E-state index in [1.807, 2.05) is 31.5 Å². The van der Waals surface area contributed by atoms with Crippen LogP contribution in [-0.4, -0.2) is 22.8 Å². The van der Waals surface area contributed by atoms with E-state index < -0.39 is 5.97 Å². The number of carboxylic acids is 1. The minimum Gasteiger partial charge on any atom is -0.496 e. The number of carboxylic acid groups (broad SMARTS) is 1. The Morgan fingerprint density at radius 1 is 1.35 bits per heavy atom. The fraction of sp³-hybridized carbons (Fsp3) is 0.308. The maximum atomic E-state index is 11.3. The summed E-state index contributed by atoms with van der Waals surface area (Å²) in [5.74, 6) is -0.190. The summed E-state index contributed by atoms with van der Waals surface area (Å²) in [4.78, 5) is 11.3. The molecule has 2 aromatic rings. The Labute approximate surface area is 99.4 Å². The van der Waals surface area contributed by atoms with E-state index in [1.165, 1.54) is 0 Å². The van der Waals surface area contributed by atoms with Gasteiger partial charge in [-0.15, -0.1) is 0 Å². The highest BCUT2D eigenvalue weighted by Crippen LogP contribution is 2.31. The van der Waals surface area contributed by atoms with Crippen molar-refractivity contribution in [2.45, 2.75) is 13.8 Å². The number of aromatic nitrogens is 1. The Hall–Kier alpha value is -1.97. The van der Waals surface area contributed by atoms with E-state index in [-0.39, 0.29) is 0 Å². The summed E-state index contributed by atoms with van der Waals surface area (Å²) in [5, 5.41) is 9.98. The molecule has 0 radical (unpaired) electrons. The summed E-state index contributed by atoms with van der Waals surface area (Å²) in [6, 6.07) is 3.74. The third kappa shape index (κ3) is 1.56. The number of hydrogen-bond acceptors (Lipinski definition) is 2. The van der Waals surface area contributed by atoms with Gasteiger partial charge in [0, 0.05) is 23.6 Å². The number of fused-ring (bicyclic) bond motifs is 1. The van der Waals surface area contributed by atoms with Gasteiger partial charge in [0.15, 0.2) is 0 Å². The van der Waals surface area contributed by atoms with Crippen LogP contribution in [0.2, 0.25) is 0 Å². The fourth-order valence-corrected chi connectivity index (χ4v) is 2.18. The van der Waals surface area contributed by atoms with Crippen LogP contribution < -0.4 is 4.74 Å². The molecule has 0 aliphatic heterocycles. The first kappa shape index (κ1) is 11.5. The van der Waals surface area contributed by atoms with Gasteiger partial charge in [0.2, 0.25) is 0 Å². The predicted molar refractivity (Wildman–Crippen MR) is 65.9 cm³/mol. The van der Waals surface area contributed by atoms with Crippen LogP contribution in [-0.2, 0) is 7.05 Å². The molecule has 90 valence electrons. The molecule has 0 unspecified atom stereocenters. The molecule has 1 aromatic heterocycles. The quantitative estimate of drug-likeness (QED) is 0.867. The first-order valence-electron chi connectivity index (χ1n) is 5.34. The molecule has 0 aliphatic rings. The van der Waals surface area contributed by atoms with Crippen molar-refractivity contribution in [3.63, 3.8) is 0 Å². The third-order valence-electron chi connectivity index (χ3n) is 3.22. The number of hydrogen-bond donors (Lipinski definition) is 1. The molecule has 0 atom stereocenters. The molecule has 0 bridgehead atoms. The standard InChI is InChI=1S/C13H15NO3/c1-7-5-10-9(6-11(7)17-4)12(13(15)16)8(2)14(10)3/h5-6H,1-4H3,(H,15,16). The van der Waals surface area contributed by atoms with Gasteiger partial charge in [-0.3, -0.25) is 0 Å². The molecule has 2 rings (SSSR count). The number of benzene rings is 1. The summed E-state index contributed by atoms with van der Waals surface area (Å²) < 4.78 is 7.13. The van der Waals surface area contributed by atoms with Crippen LogP contribution >= 0.6 is 0 Å². The van der Waals surface area contributed by atoms with Gasteiger partial charge in [0.05, 0.1) is 12.7 Å². The Morgan fingerprint density at radius 3 is 2.53 bits per heavy atom. The van der Waals surface area contributed by atoms with Crippen molar-refractivity contribution < 1.29 is 14.6 Å². The Kier molecular flexibility index (Phi) is 2.58. The highest BCUT2D eigenvalue weighted by Gasteiger charge is 2.19. The van der Waals surface area contributed by atoms with Crippen molar-refractivity contribution in [3.05, 3.63) is 29.0 Å². The molecular weight excluding hydrogens is 218 g/mol. The zero-order valence-electron chi connectivity index (χ0n) is 10.4. The van der Waals surface area contributed by atoms with Gasteiger partial charge in [-0.1, -0.05) is 0 Å². The van der Waals surface area contributed by atoms with E-state index in [0.717, 1.165) is 22.2 Å². The third-order valence-corrected chi connectivity index (χ3v) is 3.22. The van der Waals surface area contributed by atoms with Crippen molar-refractivity contribution in [2.24, 2.45) is 7.05 Å². The fourth-order valence-electron chi connectivity index (χ4n) is 2.18. The minimum absolute atomic E-state index is 0.348. The lowest BCUT2D eigenvalue weighted by molar-refractivity contribution is 0.0698. The van der Waals surface area contributed by atoms with Gasteiger partial charge >= 0.3 is 5.97 Å². The topological polar surface area (TPSA) is 51.5 Å². The largest absolute Gasteiger partial charge is 0.496 e. The molecule has 0 fully saturated rings. The summed E-state index contributed by atoms with van der Waals surface area (Å²) in [6.07, 6.45) is 0. The van der Waals surface area contributed by atoms with Crippen molar-refractivity contribution in [1.29, 1.82) is 0 Å². The summed E-state index contributed by atoms with van der Waals surface area (Å²) in [6.45, 7) is 3.76. The van der Waals surface area contributed by atoms with Crippen LogP contribution in [0.15, 0.2) is 12.1 Å². The minimum atomic E-state index is -0.904. The highest BCUT2D eigenvalue weighted by molar-refractivity contribution is 6.05. The van der Waals surface area contributed by atoms with E-state index >= 15 is 0 Å². The van der Waals surface area contributed by atoms with Crippen molar-refractivity contribution >= 4 is 16.9 Å². The number of aromatic carboxylic acids is 1. The zero-order chi connectivity index (χ0) is 12.7. The molecule has 1 heterocycles. The molecule has 0 spiro atoms. The van der Waals surface area contributed by atoms with Gasteiger partial charge in [0.25, 0.3) is 0 Å². The van der Waals surface area contributed by atoms with Gasteiger partial charge in [-0.25, -0.2) is 4.79 Å². The second-order valence-electron chi connectivity index (χ2n) is 4.16. The number of aryl methyl sites for hydroxylation is 2. The number of ether oxygens (including phenoxy) is 1. The number of methoxy groups -OCH3 is 1. The second-order valence-corrected chi connectivity index (χ2v) is 4.16. The lowest BCUT2D eigenvalue weighted by Crippen LogP contribution is -1.99. The first-order chi connectivity index (χ1) is 7.97. The second kappa shape index (κ2) is 3.80.